The quantitative estimate of drug-likeness (QED) is 0.171. The van der Waals surface area contributed by atoms with Crippen molar-refractivity contribution in [1.82, 2.24) is 15.5 Å². The number of nitrogens with zero attached hydrogens (tertiary/aromatic N) is 2. The smallest absolute Gasteiger partial charge is 0.417 e. The molecular formula is C27H50N4O8S. The number of ether oxygens (including phenoxy) is 4. The number of hydrogen-bond donors (Lipinski definition) is 2. The minimum Gasteiger partial charge on any atom is -0.458 e. The molecule has 40 heavy (non-hydrogen) atoms. The van der Waals surface area contributed by atoms with Crippen molar-refractivity contribution in [3.63, 3.8) is 0 Å². The van der Waals surface area contributed by atoms with E-state index in [-0.39, 0.29) is 25.5 Å². The highest BCUT2D eigenvalue weighted by molar-refractivity contribution is 7.98. The van der Waals surface area contributed by atoms with Crippen LogP contribution in [0.1, 0.15) is 89.5 Å². The molecule has 3 amide bonds. The van der Waals surface area contributed by atoms with Crippen molar-refractivity contribution in [2.75, 3.05) is 25.1 Å². The summed E-state index contributed by atoms with van der Waals surface area (Å²) in [5, 5.41) is 5.07. The van der Waals surface area contributed by atoms with E-state index < -0.39 is 52.7 Å². The monoisotopic (exact) mass is 590 g/mol. The van der Waals surface area contributed by atoms with Gasteiger partial charge >= 0.3 is 24.2 Å². The van der Waals surface area contributed by atoms with Crippen molar-refractivity contribution in [2.24, 2.45) is 4.99 Å². The summed E-state index contributed by atoms with van der Waals surface area (Å²) in [5.41, 5.74) is -3.19. The van der Waals surface area contributed by atoms with Gasteiger partial charge in [0.25, 0.3) is 0 Å². The largest absolute Gasteiger partial charge is 0.458 e. The number of esters is 1. The van der Waals surface area contributed by atoms with Crippen LogP contribution >= 0.6 is 11.8 Å². The van der Waals surface area contributed by atoms with Gasteiger partial charge in [-0.15, -0.1) is 0 Å². The van der Waals surface area contributed by atoms with Crippen LogP contribution in [-0.4, -0.2) is 88.7 Å². The highest BCUT2D eigenvalue weighted by Gasteiger charge is 2.31. The van der Waals surface area contributed by atoms with Crippen LogP contribution in [0.3, 0.4) is 0 Å². The van der Waals surface area contributed by atoms with Crippen molar-refractivity contribution in [2.45, 2.75) is 118 Å². The molecule has 2 N–H and O–H groups in total. The van der Waals surface area contributed by atoms with E-state index in [1.165, 1.54) is 16.7 Å². The number of carbonyl (C=O) groups excluding carboxylic acids is 4. The van der Waals surface area contributed by atoms with E-state index in [0.29, 0.717) is 5.75 Å². The Morgan fingerprint density at radius 1 is 0.750 bits per heavy atom. The second kappa shape index (κ2) is 15.3. The van der Waals surface area contributed by atoms with Crippen molar-refractivity contribution in [3.05, 3.63) is 0 Å². The van der Waals surface area contributed by atoms with Crippen molar-refractivity contribution in [3.8, 4) is 0 Å². The number of hydrogen-bond acceptors (Lipinski definition) is 10. The van der Waals surface area contributed by atoms with Gasteiger partial charge in [-0.2, -0.15) is 11.8 Å². The van der Waals surface area contributed by atoms with Gasteiger partial charge in [0, 0.05) is 18.8 Å². The number of nitrogens with one attached hydrogen (secondary N) is 2. The molecule has 0 heterocycles. The molecule has 0 radical (unpaired) electrons. The van der Waals surface area contributed by atoms with Gasteiger partial charge in [-0.3, -0.25) is 10.3 Å². The van der Waals surface area contributed by atoms with E-state index in [4.69, 9.17) is 18.9 Å². The Hall–Kier alpha value is -2.70. The van der Waals surface area contributed by atoms with Crippen LogP contribution in [0.15, 0.2) is 4.99 Å². The van der Waals surface area contributed by atoms with Gasteiger partial charge in [0.05, 0.1) is 0 Å². The minimum atomic E-state index is -1.11. The third-order valence-electron chi connectivity index (χ3n) is 4.06. The Kier molecular flexibility index (Phi) is 14.3. The van der Waals surface area contributed by atoms with E-state index in [0.717, 1.165) is 0 Å². The maximum Gasteiger partial charge on any atom is 0.417 e. The van der Waals surface area contributed by atoms with Gasteiger partial charge in [0.1, 0.15) is 28.4 Å². The van der Waals surface area contributed by atoms with Crippen LogP contribution in [0, 0.1) is 0 Å². The predicted molar refractivity (Wildman–Crippen MR) is 157 cm³/mol. The minimum absolute atomic E-state index is 0.0155. The fourth-order valence-electron chi connectivity index (χ4n) is 2.74. The van der Waals surface area contributed by atoms with Crippen LogP contribution in [0.4, 0.5) is 14.4 Å². The molecule has 0 unspecified atom stereocenters. The van der Waals surface area contributed by atoms with E-state index in [1.807, 2.05) is 6.26 Å². The average molecular weight is 591 g/mol. The number of thioether (sulfide) groups is 1. The van der Waals surface area contributed by atoms with Gasteiger partial charge in [-0.25, -0.2) is 24.1 Å². The Bertz CT molecular complexity index is 896. The molecule has 0 fully saturated rings. The molecule has 0 saturated carbocycles. The molecule has 0 saturated heterocycles. The number of carbonyl (C=O) groups is 4. The lowest BCUT2D eigenvalue weighted by Crippen LogP contribution is -2.51. The summed E-state index contributed by atoms with van der Waals surface area (Å²) in [6.45, 7) is 20.6. The lowest BCUT2D eigenvalue weighted by molar-refractivity contribution is -0.157. The molecule has 12 nitrogen and oxygen atoms in total. The molecule has 1 atom stereocenters. The van der Waals surface area contributed by atoms with Crippen LogP contribution in [0.25, 0.3) is 0 Å². The number of rotatable bonds is 8. The number of guanidine groups is 1. The maximum absolute atomic E-state index is 13.1. The summed E-state index contributed by atoms with van der Waals surface area (Å²) < 4.78 is 21.7. The molecule has 0 aromatic rings. The van der Waals surface area contributed by atoms with Crippen LogP contribution < -0.4 is 10.6 Å². The van der Waals surface area contributed by atoms with Crippen molar-refractivity contribution >= 4 is 42.0 Å². The van der Waals surface area contributed by atoms with Crippen LogP contribution in [-0.2, 0) is 23.7 Å². The topological polar surface area (TPSA) is 145 Å². The predicted octanol–water partition coefficient (Wildman–Crippen LogP) is 5.09. The highest BCUT2D eigenvalue weighted by atomic mass is 32.2. The lowest BCUT2D eigenvalue weighted by Gasteiger charge is -2.29. The average Bonchev–Trinajstić information content (AvgIpc) is 2.67. The molecule has 0 bridgehead atoms. The third kappa shape index (κ3) is 18.6. The van der Waals surface area contributed by atoms with Gasteiger partial charge in [0.15, 0.2) is 0 Å². The number of amides is 3. The van der Waals surface area contributed by atoms with E-state index in [2.05, 4.69) is 15.6 Å². The summed E-state index contributed by atoms with van der Waals surface area (Å²) >= 11 is 1.49. The van der Waals surface area contributed by atoms with E-state index >= 15 is 0 Å². The Labute approximate surface area is 243 Å². The molecule has 0 aliphatic carbocycles. The molecule has 0 rings (SSSR count). The zero-order valence-electron chi connectivity index (χ0n) is 26.5. The van der Waals surface area contributed by atoms with Crippen LogP contribution in [0.5, 0.6) is 0 Å². The highest BCUT2D eigenvalue weighted by Crippen LogP contribution is 2.14. The van der Waals surface area contributed by atoms with Crippen LogP contribution in [0.2, 0.25) is 0 Å². The van der Waals surface area contributed by atoms with E-state index in [1.54, 1.807) is 83.1 Å². The second-order valence-electron chi connectivity index (χ2n) is 13.0. The molecular weight excluding hydrogens is 540 g/mol. The lowest BCUT2D eigenvalue weighted by atomic mass is 10.1. The first-order valence-corrected chi connectivity index (χ1v) is 14.6. The first-order valence-electron chi connectivity index (χ1n) is 13.2. The summed E-state index contributed by atoms with van der Waals surface area (Å²) in [6, 6.07) is -1.11. The fraction of sp³-hybridized carbons (Fsp3) is 0.815. The zero-order chi connectivity index (χ0) is 31.5. The van der Waals surface area contributed by atoms with E-state index in [9.17, 15) is 19.2 Å². The third-order valence-corrected chi connectivity index (χ3v) is 4.65. The molecule has 0 aliphatic heterocycles. The Balaban J connectivity index is 6.20. The van der Waals surface area contributed by atoms with Gasteiger partial charge < -0.3 is 24.3 Å². The normalized spacial score (nSPS) is 13.6. The molecule has 0 aromatic carbocycles. The molecule has 0 aliphatic rings. The standard InChI is InChI=1S/C27H50N4O8S/c1-24(2,3)36-19(32)18(29-21(33)37-25(4,5)6)14-15-28-20(30-22(34)38-26(7,8)9)31(16-17-40-13)23(35)39-27(10,11)12/h18H,14-17H2,1-13H3,(H,29,33)(H,28,30,34)/t18-/m0/s1. The maximum atomic E-state index is 13.1. The molecule has 13 heteroatoms. The molecule has 0 spiro atoms. The first-order chi connectivity index (χ1) is 17.9. The summed E-state index contributed by atoms with van der Waals surface area (Å²) in [5.74, 6) is -0.269. The van der Waals surface area contributed by atoms with Gasteiger partial charge in [-0.05, 0) is 95.8 Å². The molecule has 0 aromatic heterocycles. The van der Waals surface area contributed by atoms with Crippen molar-refractivity contribution in [1.29, 1.82) is 0 Å². The van der Waals surface area contributed by atoms with Gasteiger partial charge in [-0.1, -0.05) is 0 Å². The second-order valence-corrected chi connectivity index (χ2v) is 14.0. The Morgan fingerprint density at radius 2 is 1.23 bits per heavy atom. The summed E-state index contributed by atoms with van der Waals surface area (Å²) in [4.78, 5) is 56.7. The Morgan fingerprint density at radius 3 is 1.68 bits per heavy atom. The molecule has 232 valence electrons. The number of aliphatic imine (C=N–C) groups is 1. The summed E-state index contributed by atoms with van der Waals surface area (Å²) in [7, 11) is 0. The summed E-state index contributed by atoms with van der Waals surface area (Å²) in [6.07, 6.45) is -0.474. The SMILES string of the molecule is CSCCN(C(=O)OC(C)(C)C)C(=NCC[C@H](NC(=O)OC(C)(C)C)C(=O)OC(C)(C)C)NC(=O)OC(C)(C)C. The fourth-order valence-corrected chi connectivity index (χ4v) is 3.11. The van der Waals surface area contributed by atoms with Crippen molar-refractivity contribution < 1.29 is 38.1 Å². The van der Waals surface area contributed by atoms with Gasteiger partial charge in [0.2, 0.25) is 5.96 Å². The zero-order valence-corrected chi connectivity index (χ0v) is 27.3. The number of alkyl carbamates (subject to hydrolysis) is 2. The first kappa shape index (κ1) is 37.3.